The zero-order valence-corrected chi connectivity index (χ0v) is 13.9. The second kappa shape index (κ2) is 5.73. The summed E-state index contributed by atoms with van der Waals surface area (Å²) in [5.41, 5.74) is 8.98. The van der Waals surface area contributed by atoms with Gasteiger partial charge < -0.3 is 10.8 Å². The molecule has 2 unspecified atom stereocenters. The van der Waals surface area contributed by atoms with E-state index < -0.39 is 11.5 Å². The van der Waals surface area contributed by atoms with E-state index in [9.17, 15) is 5.11 Å². The Morgan fingerprint density at radius 3 is 2.76 bits per heavy atom. The number of hydrogen-bond donors (Lipinski definition) is 2. The van der Waals surface area contributed by atoms with Crippen molar-refractivity contribution in [3.05, 3.63) is 68.7 Å². The number of benzene rings is 2. The fourth-order valence-electron chi connectivity index (χ4n) is 3.33. The highest BCUT2D eigenvalue weighted by atomic mass is 79.9. The van der Waals surface area contributed by atoms with Gasteiger partial charge in [0.25, 0.3) is 0 Å². The third-order valence-electron chi connectivity index (χ3n) is 4.54. The number of nitrogens with two attached hydrogens (primary N) is 1. The average Bonchev–Trinajstić information content (AvgIpc) is 2.89. The molecule has 4 heteroatoms. The molecule has 0 heterocycles. The Hall–Kier alpha value is -0.870. The molecule has 0 amide bonds. The van der Waals surface area contributed by atoms with Gasteiger partial charge in [-0.15, -0.1) is 0 Å². The Morgan fingerprint density at radius 1 is 1.29 bits per heavy atom. The summed E-state index contributed by atoms with van der Waals surface area (Å²) in [6.45, 7) is 0.422. The van der Waals surface area contributed by atoms with Crippen LogP contribution in [-0.2, 0) is 11.8 Å². The van der Waals surface area contributed by atoms with Crippen LogP contribution in [0.1, 0.15) is 29.2 Å². The highest BCUT2D eigenvalue weighted by Gasteiger charge is 2.44. The normalized spacial score (nSPS) is 22.1. The van der Waals surface area contributed by atoms with Crippen molar-refractivity contribution < 1.29 is 5.11 Å². The minimum Gasteiger partial charge on any atom is -0.387 e. The predicted octanol–water partition coefficient (Wildman–Crippen LogP) is 3.98. The van der Waals surface area contributed by atoms with E-state index in [1.165, 1.54) is 11.1 Å². The van der Waals surface area contributed by atoms with E-state index in [-0.39, 0.29) is 0 Å². The van der Waals surface area contributed by atoms with Gasteiger partial charge in [-0.3, -0.25) is 0 Å². The van der Waals surface area contributed by atoms with Gasteiger partial charge in [0.05, 0.1) is 11.1 Å². The largest absolute Gasteiger partial charge is 0.387 e. The zero-order chi connectivity index (χ0) is 15.0. The first-order valence-electron chi connectivity index (χ1n) is 7.00. The number of hydrogen-bond acceptors (Lipinski definition) is 2. The Bertz CT molecular complexity index is 676. The van der Waals surface area contributed by atoms with Crippen LogP contribution in [0.2, 0.25) is 5.02 Å². The maximum absolute atomic E-state index is 11.0. The van der Waals surface area contributed by atoms with Crippen LogP contribution in [0.25, 0.3) is 0 Å². The van der Waals surface area contributed by atoms with Crippen LogP contribution in [0.4, 0.5) is 0 Å². The molecular formula is C17H17BrClNO. The van der Waals surface area contributed by atoms with Crippen molar-refractivity contribution in [2.75, 3.05) is 6.54 Å². The molecule has 2 aromatic rings. The van der Waals surface area contributed by atoms with Crippen LogP contribution in [0.15, 0.2) is 46.9 Å². The summed E-state index contributed by atoms with van der Waals surface area (Å²) in [7, 11) is 0. The molecule has 2 atom stereocenters. The van der Waals surface area contributed by atoms with Crippen LogP contribution in [0.5, 0.6) is 0 Å². The van der Waals surface area contributed by atoms with Crippen LogP contribution in [0.3, 0.4) is 0 Å². The lowest BCUT2D eigenvalue weighted by atomic mass is 9.74. The molecular weight excluding hydrogens is 350 g/mol. The number of aliphatic hydroxyl groups excluding tert-OH is 1. The topological polar surface area (TPSA) is 46.2 Å². The average molecular weight is 367 g/mol. The van der Waals surface area contributed by atoms with Crippen LogP contribution in [0, 0.1) is 0 Å². The lowest BCUT2D eigenvalue weighted by molar-refractivity contribution is 0.0840. The molecule has 3 N–H and O–H groups in total. The van der Waals surface area contributed by atoms with Gasteiger partial charge in [-0.1, -0.05) is 41.9 Å². The van der Waals surface area contributed by atoms with E-state index in [1.807, 2.05) is 24.3 Å². The Kier molecular flexibility index (Phi) is 4.10. The second-order valence-corrected chi connectivity index (χ2v) is 6.86. The fourth-order valence-corrected chi connectivity index (χ4v) is 3.84. The van der Waals surface area contributed by atoms with Gasteiger partial charge >= 0.3 is 0 Å². The van der Waals surface area contributed by atoms with Gasteiger partial charge in [-0.25, -0.2) is 0 Å². The Morgan fingerprint density at radius 2 is 2.05 bits per heavy atom. The van der Waals surface area contributed by atoms with Crippen molar-refractivity contribution in [3.63, 3.8) is 0 Å². The zero-order valence-electron chi connectivity index (χ0n) is 11.5. The van der Waals surface area contributed by atoms with Crippen molar-refractivity contribution in [2.24, 2.45) is 5.73 Å². The van der Waals surface area contributed by atoms with Gasteiger partial charge in [0.15, 0.2) is 0 Å². The Labute approximate surface area is 138 Å². The van der Waals surface area contributed by atoms with Gasteiger partial charge in [-0.05, 0) is 57.6 Å². The molecule has 0 fully saturated rings. The fraction of sp³-hybridized carbons (Fsp3) is 0.294. The van der Waals surface area contributed by atoms with E-state index in [0.717, 1.165) is 22.9 Å². The van der Waals surface area contributed by atoms with Crippen LogP contribution >= 0.6 is 27.5 Å². The molecule has 0 bridgehead atoms. The SMILES string of the molecule is NCC1(C(O)c2ccc(Cl)c(Br)c2)CCc2ccccc21. The van der Waals surface area contributed by atoms with Crippen molar-refractivity contribution in [1.29, 1.82) is 0 Å². The molecule has 0 saturated heterocycles. The third kappa shape index (κ3) is 2.42. The molecule has 3 rings (SSSR count). The highest BCUT2D eigenvalue weighted by Crippen LogP contribution is 2.47. The lowest BCUT2D eigenvalue weighted by Gasteiger charge is -2.34. The summed E-state index contributed by atoms with van der Waals surface area (Å²) in [5, 5.41) is 11.6. The molecule has 0 aromatic heterocycles. The molecule has 1 aliphatic carbocycles. The van der Waals surface area contributed by atoms with Gasteiger partial charge in [0.2, 0.25) is 0 Å². The Balaban J connectivity index is 2.06. The summed E-state index contributed by atoms with van der Waals surface area (Å²) < 4.78 is 0.791. The standard InChI is InChI=1S/C17H17BrClNO/c18-14-9-12(5-6-15(14)19)16(21)17(10-20)8-7-11-3-1-2-4-13(11)17/h1-6,9,16,21H,7-8,10,20H2. The molecule has 0 aliphatic heterocycles. The van der Waals surface area contributed by atoms with E-state index in [4.69, 9.17) is 17.3 Å². The molecule has 21 heavy (non-hydrogen) atoms. The number of aliphatic hydroxyl groups is 1. The molecule has 2 aromatic carbocycles. The second-order valence-electron chi connectivity index (χ2n) is 5.59. The van der Waals surface area contributed by atoms with E-state index in [0.29, 0.717) is 11.6 Å². The summed E-state index contributed by atoms with van der Waals surface area (Å²) in [4.78, 5) is 0. The molecule has 0 radical (unpaired) electrons. The van der Waals surface area contributed by atoms with Crippen molar-refractivity contribution in [2.45, 2.75) is 24.4 Å². The quantitative estimate of drug-likeness (QED) is 0.863. The minimum absolute atomic E-state index is 0.413. The van der Waals surface area contributed by atoms with Crippen molar-refractivity contribution >= 4 is 27.5 Å². The monoisotopic (exact) mass is 365 g/mol. The summed E-state index contributed by atoms with van der Waals surface area (Å²) in [6, 6.07) is 13.8. The third-order valence-corrected chi connectivity index (χ3v) is 5.76. The molecule has 110 valence electrons. The minimum atomic E-state index is -0.639. The maximum Gasteiger partial charge on any atom is 0.0899 e. The van der Waals surface area contributed by atoms with Crippen molar-refractivity contribution in [1.82, 2.24) is 0 Å². The summed E-state index contributed by atoms with van der Waals surface area (Å²) in [6.07, 6.45) is 1.18. The molecule has 0 saturated carbocycles. The summed E-state index contributed by atoms with van der Waals surface area (Å²) in [5.74, 6) is 0. The first-order chi connectivity index (χ1) is 10.1. The first kappa shape index (κ1) is 15.0. The highest BCUT2D eigenvalue weighted by molar-refractivity contribution is 9.10. The van der Waals surface area contributed by atoms with Gasteiger partial charge in [0, 0.05) is 16.4 Å². The van der Waals surface area contributed by atoms with Crippen LogP contribution in [-0.4, -0.2) is 11.7 Å². The first-order valence-corrected chi connectivity index (χ1v) is 8.17. The molecule has 2 nitrogen and oxygen atoms in total. The molecule has 0 spiro atoms. The predicted molar refractivity (Wildman–Crippen MR) is 89.6 cm³/mol. The number of rotatable bonds is 3. The van der Waals surface area contributed by atoms with E-state index in [2.05, 4.69) is 28.1 Å². The summed E-state index contributed by atoms with van der Waals surface area (Å²) >= 11 is 9.46. The van der Waals surface area contributed by atoms with E-state index >= 15 is 0 Å². The number of halogens is 2. The van der Waals surface area contributed by atoms with Gasteiger partial charge in [-0.2, -0.15) is 0 Å². The smallest absolute Gasteiger partial charge is 0.0899 e. The van der Waals surface area contributed by atoms with Crippen molar-refractivity contribution in [3.8, 4) is 0 Å². The number of aryl methyl sites for hydroxylation is 1. The van der Waals surface area contributed by atoms with Gasteiger partial charge in [0.1, 0.15) is 0 Å². The number of fused-ring (bicyclic) bond motifs is 1. The van der Waals surface area contributed by atoms with E-state index in [1.54, 1.807) is 6.07 Å². The maximum atomic E-state index is 11.0. The lowest BCUT2D eigenvalue weighted by Crippen LogP contribution is -2.39. The molecule has 1 aliphatic rings. The van der Waals surface area contributed by atoms with Crippen LogP contribution < -0.4 is 5.73 Å².